The van der Waals surface area contributed by atoms with E-state index in [4.69, 9.17) is 9.47 Å². The third-order valence-corrected chi connectivity index (χ3v) is 6.45. The first-order valence-electron chi connectivity index (χ1n) is 12.7. The Morgan fingerprint density at radius 3 is 2.52 bits per heavy atom. The third-order valence-electron chi connectivity index (χ3n) is 6.45. The highest BCUT2D eigenvalue weighted by atomic mass is 19.3. The molecular formula is C28H27F4N5O3. The normalized spacial score (nSPS) is 13.4. The second-order valence-corrected chi connectivity index (χ2v) is 9.80. The van der Waals surface area contributed by atoms with Gasteiger partial charge >= 0.3 is 0 Å². The number of carbonyl (C=O) groups is 1. The van der Waals surface area contributed by atoms with Gasteiger partial charge in [-0.2, -0.15) is 8.78 Å². The van der Waals surface area contributed by atoms with E-state index in [2.05, 4.69) is 20.7 Å². The molecule has 2 aromatic heterocycles. The molecule has 1 aliphatic carbocycles. The summed E-state index contributed by atoms with van der Waals surface area (Å²) < 4.78 is 67.6. The van der Waals surface area contributed by atoms with Gasteiger partial charge in [0.05, 0.1) is 24.7 Å². The zero-order valence-electron chi connectivity index (χ0n) is 22.0. The minimum Gasteiger partial charge on any atom is -0.494 e. The van der Waals surface area contributed by atoms with Crippen molar-refractivity contribution < 1.29 is 31.8 Å². The van der Waals surface area contributed by atoms with Gasteiger partial charge in [0.1, 0.15) is 0 Å². The summed E-state index contributed by atoms with van der Waals surface area (Å²) in [7, 11) is 1.21. The lowest BCUT2D eigenvalue weighted by Crippen LogP contribution is -2.26. The molecule has 1 amide bonds. The van der Waals surface area contributed by atoms with Crippen LogP contribution in [-0.4, -0.2) is 46.1 Å². The maximum atomic E-state index is 14.6. The van der Waals surface area contributed by atoms with Crippen molar-refractivity contribution in [2.24, 2.45) is 0 Å². The van der Waals surface area contributed by atoms with Crippen molar-refractivity contribution in [1.29, 1.82) is 0 Å². The van der Waals surface area contributed by atoms with E-state index in [1.807, 2.05) is 13.0 Å². The Labute approximate surface area is 227 Å². The van der Waals surface area contributed by atoms with E-state index in [1.54, 1.807) is 12.1 Å². The number of anilines is 1. The molecule has 12 heteroatoms. The number of aryl methyl sites for hydroxylation is 1. The summed E-state index contributed by atoms with van der Waals surface area (Å²) in [6.07, 6.45) is 3.03. The lowest BCUT2D eigenvalue weighted by molar-refractivity contribution is 0.0167. The first kappa shape index (κ1) is 27.2. The van der Waals surface area contributed by atoms with Gasteiger partial charge in [-0.15, -0.1) is 5.10 Å². The highest BCUT2D eigenvalue weighted by Crippen LogP contribution is 2.33. The molecule has 210 valence electrons. The molecule has 1 fully saturated rings. The highest BCUT2D eigenvalue weighted by Gasteiger charge is 2.25. The van der Waals surface area contributed by atoms with Gasteiger partial charge in [-0.3, -0.25) is 4.79 Å². The van der Waals surface area contributed by atoms with Crippen LogP contribution in [0.15, 0.2) is 42.6 Å². The van der Waals surface area contributed by atoms with E-state index in [0.29, 0.717) is 28.2 Å². The highest BCUT2D eigenvalue weighted by molar-refractivity contribution is 5.96. The minimum absolute atomic E-state index is 0.0970. The molecule has 1 aliphatic rings. The van der Waals surface area contributed by atoms with Crippen LogP contribution in [0.2, 0.25) is 0 Å². The number of hydrogen-bond acceptors (Lipinski definition) is 6. The van der Waals surface area contributed by atoms with Crippen LogP contribution in [-0.2, 0) is 0 Å². The Bertz CT molecular complexity index is 1580. The summed E-state index contributed by atoms with van der Waals surface area (Å²) in [6, 6.07) is 9.26. The third kappa shape index (κ3) is 5.80. The monoisotopic (exact) mass is 557 g/mol. The molecule has 0 radical (unpaired) electrons. The molecule has 1 saturated carbocycles. The quantitative estimate of drug-likeness (QED) is 0.228. The number of aromatic nitrogens is 3. The molecule has 5 rings (SSSR count). The smallest absolute Gasteiger partial charge is 0.251 e. The Kier molecular flexibility index (Phi) is 7.26. The molecular weight excluding hydrogens is 530 g/mol. The Hall–Kier alpha value is -4.35. The summed E-state index contributed by atoms with van der Waals surface area (Å²) in [6.45, 7) is 2.53. The molecule has 0 bridgehead atoms. The van der Waals surface area contributed by atoms with Gasteiger partial charge < -0.3 is 20.1 Å². The van der Waals surface area contributed by atoms with Gasteiger partial charge in [0.2, 0.25) is 23.4 Å². The van der Waals surface area contributed by atoms with Crippen molar-refractivity contribution >= 4 is 17.2 Å². The number of rotatable bonds is 10. The molecule has 2 heterocycles. The average molecular weight is 558 g/mol. The largest absolute Gasteiger partial charge is 0.494 e. The minimum atomic E-state index is -2.90. The van der Waals surface area contributed by atoms with Gasteiger partial charge in [-0.05, 0) is 56.5 Å². The molecule has 4 aromatic rings. The van der Waals surface area contributed by atoms with E-state index in [9.17, 15) is 22.4 Å². The van der Waals surface area contributed by atoms with Gasteiger partial charge in [0.15, 0.2) is 17.1 Å². The number of nitrogens with zero attached hydrogens (tertiary/aromatic N) is 3. The number of nitrogens with one attached hydrogen (secondary N) is 2. The van der Waals surface area contributed by atoms with Gasteiger partial charge in [-0.1, -0.05) is 6.07 Å². The molecule has 0 atom stereocenters. The second-order valence-electron chi connectivity index (χ2n) is 9.80. The van der Waals surface area contributed by atoms with Crippen LogP contribution >= 0.6 is 0 Å². The summed E-state index contributed by atoms with van der Waals surface area (Å²) >= 11 is 0. The zero-order valence-corrected chi connectivity index (χ0v) is 22.0. The van der Waals surface area contributed by atoms with Crippen molar-refractivity contribution in [1.82, 2.24) is 19.9 Å². The van der Waals surface area contributed by atoms with Crippen LogP contribution in [0.3, 0.4) is 0 Å². The maximum absolute atomic E-state index is 14.6. The van der Waals surface area contributed by atoms with E-state index in [0.717, 1.165) is 25.3 Å². The van der Waals surface area contributed by atoms with E-state index >= 15 is 0 Å². The van der Waals surface area contributed by atoms with E-state index < -0.39 is 29.7 Å². The molecule has 0 aliphatic heterocycles. The van der Waals surface area contributed by atoms with Crippen LogP contribution in [0, 0.1) is 18.6 Å². The lowest BCUT2D eigenvalue weighted by Gasteiger charge is -2.14. The standard InChI is InChI=1S/C28H27F4N5O3/c1-15-12-16(4-7-18(15)27(38)35-17-5-6-17)20-14-34-26-19(33-11-10-28(2,31)32)13-23(36-37(20)26)40-22-9-8-21(39-3)24(29)25(22)30/h4,7-9,12-14,17,33H,5-6,10-11H2,1-3H3,(H,35,38). The number of imidazole rings is 1. The SMILES string of the molecule is COc1ccc(Oc2cc(NCCC(C)(F)F)c3ncc(-c4ccc(C(=O)NC5CC5)c(C)c4)n3n2)c(F)c1F. The molecule has 0 saturated heterocycles. The van der Waals surface area contributed by atoms with Crippen molar-refractivity contribution in [2.45, 2.75) is 45.1 Å². The fraction of sp³-hybridized carbons (Fsp3) is 0.321. The summed E-state index contributed by atoms with van der Waals surface area (Å²) in [5.74, 6) is -6.43. The van der Waals surface area contributed by atoms with Crippen molar-refractivity contribution in [3.05, 3.63) is 65.4 Å². The number of hydrogen-bond donors (Lipinski definition) is 2. The number of ether oxygens (including phenoxy) is 2. The zero-order chi connectivity index (χ0) is 28.6. The summed E-state index contributed by atoms with van der Waals surface area (Å²) in [5, 5.41) is 10.3. The summed E-state index contributed by atoms with van der Waals surface area (Å²) in [5.41, 5.74) is 3.05. The lowest BCUT2D eigenvalue weighted by atomic mass is 10.0. The summed E-state index contributed by atoms with van der Waals surface area (Å²) in [4.78, 5) is 17.0. The van der Waals surface area contributed by atoms with Crippen molar-refractivity contribution in [3.8, 4) is 28.6 Å². The van der Waals surface area contributed by atoms with Gasteiger partial charge in [-0.25, -0.2) is 18.3 Å². The van der Waals surface area contributed by atoms with E-state index in [1.165, 1.54) is 36.0 Å². The Balaban J connectivity index is 1.53. The number of alkyl halides is 2. The number of fused-ring (bicyclic) bond motifs is 1. The van der Waals surface area contributed by atoms with Crippen LogP contribution in [0.1, 0.15) is 42.1 Å². The van der Waals surface area contributed by atoms with Crippen LogP contribution < -0.4 is 20.1 Å². The first-order chi connectivity index (χ1) is 19.0. The van der Waals surface area contributed by atoms with Crippen molar-refractivity contribution in [3.63, 3.8) is 0 Å². The molecule has 0 unspecified atom stereocenters. The van der Waals surface area contributed by atoms with Crippen molar-refractivity contribution in [2.75, 3.05) is 19.0 Å². The number of carbonyl (C=O) groups excluding carboxylic acids is 1. The molecule has 0 spiro atoms. The Morgan fingerprint density at radius 2 is 1.85 bits per heavy atom. The Morgan fingerprint density at radius 1 is 1.12 bits per heavy atom. The van der Waals surface area contributed by atoms with E-state index in [-0.39, 0.29) is 30.1 Å². The van der Waals surface area contributed by atoms with Crippen LogP contribution in [0.5, 0.6) is 17.4 Å². The van der Waals surface area contributed by atoms with Crippen LogP contribution in [0.4, 0.5) is 23.2 Å². The van der Waals surface area contributed by atoms with Crippen LogP contribution in [0.25, 0.3) is 16.9 Å². The fourth-order valence-electron chi connectivity index (χ4n) is 4.17. The number of benzene rings is 2. The number of methoxy groups -OCH3 is 1. The average Bonchev–Trinajstić information content (AvgIpc) is 3.61. The molecule has 2 aromatic carbocycles. The molecule has 2 N–H and O–H groups in total. The van der Waals surface area contributed by atoms with Gasteiger partial charge in [0.25, 0.3) is 5.91 Å². The molecule has 40 heavy (non-hydrogen) atoms. The fourth-order valence-corrected chi connectivity index (χ4v) is 4.17. The maximum Gasteiger partial charge on any atom is 0.251 e. The number of halogens is 4. The predicted molar refractivity (Wildman–Crippen MR) is 140 cm³/mol. The predicted octanol–water partition coefficient (Wildman–Crippen LogP) is 6.13. The topological polar surface area (TPSA) is 89.8 Å². The molecule has 8 nitrogen and oxygen atoms in total. The number of amides is 1. The second kappa shape index (κ2) is 10.7. The van der Waals surface area contributed by atoms with Gasteiger partial charge in [0, 0.05) is 36.2 Å². The first-order valence-corrected chi connectivity index (χ1v) is 12.7.